The quantitative estimate of drug-likeness (QED) is 0.682. The first-order valence-electron chi connectivity index (χ1n) is 9.72. The van der Waals surface area contributed by atoms with Crippen LogP contribution in [0.3, 0.4) is 0 Å². The topological polar surface area (TPSA) is 12.0 Å². The minimum absolute atomic E-state index is 0.515. The fourth-order valence-corrected chi connectivity index (χ4v) is 5.94. The van der Waals surface area contributed by atoms with Gasteiger partial charge in [0.15, 0.2) is 0 Å². The molecule has 1 spiro atoms. The Bertz CT molecular complexity index is 336. The van der Waals surface area contributed by atoms with Crippen LogP contribution in [0.5, 0.6) is 0 Å². The molecule has 1 nitrogen and oxygen atoms in total. The summed E-state index contributed by atoms with van der Waals surface area (Å²) in [5.74, 6) is 2.99. The zero-order valence-corrected chi connectivity index (χ0v) is 14.7. The van der Waals surface area contributed by atoms with Gasteiger partial charge in [0.05, 0.1) is 0 Å². The van der Waals surface area contributed by atoms with Gasteiger partial charge >= 0.3 is 0 Å². The Morgan fingerprint density at radius 1 is 0.857 bits per heavy atom. The lowest BCUT2D eigenvalue weighted by Crippen LogP contribution is -2.47. The predicted octanol–water partition coefficient (Wildman–Crippen LogP) is 5.40. The molecule has 1 heteroatoms. The normalized spacial score (nSPS) is 39.6. The van der Waals surface area contributed by atoms with E-state index in [0.29, 0.717) is 10.8 Å². The lowest BCUT2D eigenvalue weighted by atomic mass is 9.61. The highest BCUT2D eigenvalue weighted by Crippen LogP contribution is 2.53. The molecule has 3 aliphatic rings. The number of rotatable bonds is 1. The standard InChI is InChI=1S/C20H37N/c1-19(2,3)17-9-6-11-20(12-10-17)13-14-21-15-18(20)16-7-4-5-8-16/h16-18,21H,4-15H2,1-3H3. The van der Waals surface area contributed by atoms with Crippen LogP contribution in [0.1, 0.15) is 85.0 Å². The highest BCUT2D eigenvalue weighted by atomic mass is 14.9. The number of nitrogens with one attached hydrogen (secondary N) is 1. The maximum atomic E-state index is 3.75. The summed E-state index contributed by atoms with van der Waals surface area (Å²) >= 11 is 0. The van der Waals surface area contributed by atoms with E-state index in [1.54, 1.807) is 0 Å². The van der Waals surface area contributed by atoms with Crippen LogP contribution in [-0.4, -0.2) is 13.1 Å². The van der Waals surface area contributed by atoms with Crippen molar-refractivity contribution in [2.24, 2.45) is 28.6 Å². The van der Waals surface area contributed by atoms with Gasteiger partial charge in [-0.05, 0) is 73.8 Å². The molecule has 0 aromatic carbocycles. The molecular weight excluding hydrogens is 254 g/mol. The SMILES string of the molecule is CC(C)(C)C1CCCC2(CCNCC2C2CCCC2)CC1. The number of hydrogen-bond donors (Lipinski definition) is 1. The van der Waals surface area contributed by atoms with Gasteiger partial charge in [0.1, 0.15) is 0 Å². The van der Waals surface area contributed by atoms with Gasteiger partial charge in [0.25, 0.3) is 0 Å². The Hall–Kier alpha value is -0.0400. The minimum Gasteiger partial charge on any atom is -0.316 e. The van der Waals surface area contributed by atoms with E-state index in [-0.39, 0.29) is 0 Å². The average Bonchev–Trinajstić information content (AvgIpc) is 2.87. The average molecular weight is 292 g/mol. The van der Waals surface area contributed by atoms with Crippen molar-refractivity contribution in [1.29, 1.82) is 0 Å². The van der Waals surface area contributed by atoms with E-state index in [9.17, 15) is 0 Å². The summed E-state index contributed by atoms with van der Waals surface area (Å²) in [6.07, 6.45) is 15.0. The molecule has 3 fully saturated rings. The van der Waals surface area contributed by atoms with Gasteiger partial charge in [-0.25, -0.2) is 0 Å². The van der Waals surface area contributed by atoms with Crippen molar-refractivity contribution in [2.75, 3.05) is 13.1 Å². The summed E-state index contributed by atoms with van der Waals surface area (Å²) in [6, 6.07) is 0. The van der Waals surface area contributed by atoms with Crippen LogP contribution in [0.4, 0.5) is 0 Å². The van der Waals surface area contributed by atoms with E-state index < -0.39 is 0 Å². The summed E-state index contributed by atoms with van der Waals surface area (Å²) in [5, 5.41) is 3.75. The summed E-state index contributed by atoms with van der Waals surface area (Å²) in [6.45, 7) is 10.00. The monoisotopic (exact) mass is 291 g/mol. The summed E-state index contributed by atoms with van der Waals surface area (Å²) in [4.78, 5) is 0. The fourth-order valence-electron chi connectivity index (χ4n) is 5.94. The zero-order chi connectivity index (χ0) is 14.9. The third kappa shape index (κ3) is 3.33. The minimum atomic E-state index is 0.515. The van der Waals surface area contributed by atoms with Crippen molar-refractivity contribution < 1.29 is 0 Å². The van der Waals surface area contributed by atoms with Crippen LogP contribution >= 0.6 is 0 Å². The zero-order valence-electron chi connectivity index (χ0n) is 14.7. The molecule has 3 rings (SSSR count). The van der Waals surface area contributed by atoms with Crippen LogP contribution in [-0.2, 0) is 0 Å². The van der Waals surface area contributed by atoms with Crippen LogP contribution in [0.25, 0.3) is 0 Å². The van der Waals surface area contributed by atoms with Crippen molar-refractivity contribution in [3.63, 3.8) is 0 Å². The van der Waals surface area contributed by atoms with E-state index in [2.05, 4.69) is 26.1 Å². The molecular formula is C20H37N. The molecule has 1 heterocycles. The maximum absolute atomic E-state index is 3.75. The third-order valence-corrected chi connectivity index (χ3v) is 7.36. The Labute approximate surface area is 132 Å². The van der Waals surface area contributed by atoms with E-state index in [1.165, 1.54) is 77.3 Å². The molecule has 2 aliphatic carbocycles. The molecule has 3 unspecified atom stereocenters. The lowest BCUT2D eigenvalue weighted by molar-refractivity contribution is 0.0411. The van der Waals surface area contributed by atoms with Gasteiger partial charge in [0, 0.05) is 0 Å². The van der Waals surface area contributed by atoms with Gasteiger partial charge < -0.3 is 5.32 Å². The largest absolute Gasteiger partial charge is 0.316 e. The molecule has 2 saturated carbocycles. The highest BCUT2D eigenvalue weighted by molar-refractivity contribution is 4.98. The second-order valence-corrected chi connectivity index (χ2v) is 9.46. The first kappa shape index (κ1) is 15.8. The van der Waals surface area contributed by atoms with Crippen molar-refractivity contribution in [3.05, 3.63) is 0 Å². The van der Waals surface area contributed by atoms with E-state index in [0.717, 1.165) is 17.8 Å². The van der Waals surface area contributed by atoms with Crippen molar-refractivity contribution in [2.45, 2.75) is 85.0 Å². The van der Waals surface area contributed by atoms with Gasteiger partial charge in [-0.1, -0.05) is 52.9 Å². The van der Waals surface area contributed by atoms with Gasteiger partial charge in [-0.15, -0.1) is 0 Å². The molecule has 0 aromatic rings. The van der Waals surface area contributed by atoms with Crippen LogP contribution in [0, 0.1) is 28.6 Å². The summed E-state index contributed by atoms with van der Waals surface area (Å²) < 4.78 is 0. The Morgan fingerprint density at radius 3 is 2.33 bits per heavy atom. The molecule has 21 heavy (non-hydrogen) atoms. The third-order valence-electron chi connectivity index (χ3n) is 7.36. The summed E-state index contributed by atoms with van der Waals surface area (Å²) in [7, 11) is 0. The van der Waals surface area contributed by atoms with E-state index >= 15 is 0 Å². The molecule has 1 saturated heterocycles. The fraction of sp³-hybridized carbons (Fsp3) is 1.00. The van der Waals surface area contributed by atoms with Crippen molar-refractivity contribution in [3.8, 4) is 0 Å². The molecule has 0 aromatic heterocycles. The second-order valence-electron chi connectivity index (χ2n) is 9.46. The molecule has 1 aliphatic heterocycles. The molecule has 3 atom stereocenters. The molecule has 0 bridgehead atoms. The van der Waals surface area contributed by atoms with Crippen LogP contribution < -0.4 is 5.32 Å². The van der Waals surface area contributed by atoms with Gasteiger partial charge in [-0.3, -0.25) is 0 Å². The molecule has 122 valence electrons. The molecule has 0 radical (unpaired) electrons. The van der Waals surface area contributed by atoms with Gasteiger partial charge in [0.2, 0.25) is 0 Å². The highest BCUT2D eigenvalue weighted by Gasteiger charge is 2.46. The Kier molecular flexibility index (Phi) is 4.69. The van der Waals surface area contributed by atoms with E-state index in [1.807, 2.05) is 0 Å². The Balaban J connectivity index is 1.74. The van der Waals surface area contributed by atoms with Crippen LogP contribution in [0.15, 0.2) is 0 Å². The molecule has 0 amide bonds. The number of piperidine rings is 1. The Morgan fingerprint density at radius 2 is 1.62 bits per heavy atom. The lowest BCUT2D eigenvalue weighted by Gasteiger charge is -2.47. The maximum Gasteiger partial charge on any atom is -0.00125 e. The summed E-state index contributed by atoms with van der Waals surface area (Å²) in [5.41, 5.74) is 1.22. The second kappa shape index (κ2) is 6.22. The number of hydrogen-bond acceptors (Lipinski definition) is 1. The smallest absolute Gasteiger partial charge is 0.00125 e. The first-order valence-corrected chi connectivity index (χ1v) is 9.72. The van der Waals surface area contributed by atoms with Crippen LogP contribution in [0.2, 0.25) is 0 Å². The van der Waals surface area contributed by atoms with Crippen molar-refractivity contribution in [1.82, 2.24) is 5.32 Å². The predicted molar refractivity (Wildman–Crippen MR) is 91.4 cm³/mol. The molecule has 1 N–H and O–H groups in total. The van der Waals surface area contributed by atoms with E-state index in [4.69, 9.17) is 0 Å². The first-order chi connectivity index (χ1) is 10.0. The van der Waals surface area contributed by atoms with Crippen molar-refractivity contribution >= 4 is 0 Å². The van der Waals surface area contributed by atoms with Gasteiger partial charge in [-0.2, -0.15) is 0 Å².